The van der Waals surface area contributed by atoms with Crippen molar-refractivity contribution in [1.29, 1.82) is 5.26 Å². The lowest BCUT2D eigenvalue weighted by Gasteiger charge is -2.47. The van der Waals surface area contributed by atoms with Gasteiger partial charge in [0.1, 0.15) is 17.4 Å². The van der Waals surface area contributed by atoms with Gasteiger partial charge in [-0.1, -0.05) is 29.3 Å². The van der Waals surface area contributed by atoms with E-state index >= 15 is 0 Å². The number of anilines is 1. The van der Waals surface area contributed by atoms with Gasteiger partial charge in [-0.15, -0.1) is 0 Å². The fourth-order valence-electron chi connectivity index (χ4n) is 5.63. The quantitative estimate of drug-likeness (QED) is 0.443. The van der Waals surface area contributed by atoms with Gasteiger partial charge in [0.15, 0.2) is 11.3 Å². The molecule has 0 bridgehead atoms. The van der Waals surface area contributed by atoms with Gasteiger partial charge in [-0.2, -0.15) is 10.4 Å². The molecule has 0 saturated carbocycles. The number of nitriles is 1. The molecular weight excluding hydrogens is 523 g/mol. The second-order valence-electron chi connectivity index (χ2n) is 10.3. The van der Waals surface area contributed by atoms with Crippen LogP contribution in [0.1, 0.15) is 49.9 Å². The van der Waals surface area contributed by atoms with Gasteiger partial charge in [0.2, 0.25) is 5.91 Å². The predicted molar refractivity (Wildman–Crippen MR) is 148 cm³/mol. The first-order chi connectivity index (χ1) is 18.4. The van der Waals surface area contributed by atoms with Crippen LogP contribution in [0.25, 0.3) is 11.2 Å². The van der Waals surface area contributed by atoms with Crippen LogP contribution in [0.2, 0.25) is 10.0 Å². The summed E-state index contributed by atoms with van der Waals surface area (Å²) in [5, 5.41) is 18.0. The van der Waals surface area contributed by atoms with E-state index in [2.05, 4.69) is 31.3 Å². The highest BCUT2D eigenvalue weighted by molar-refractivity contribution is 6.35. The van der Waals surface area contributed by atoms with Crippen molar-refractivity contribution in [1.82, 2.24) is 30.0 Å². The average molecular weight is 556 g/mol. The molecule has 1 aromatic carbocycles. The topological polar surface area (TPSA) is 103 Å². The number of rotatable bonds is 8. The minimum absolute atomic E-state index is 0.111. The molecule has 2 aromatic heterocycles. The number of carbonyl (C=O) groups excluding carboxylic acids is 1. The second-order valence-corrected chi connectivity index (χ2v) is 11.1. The molecule has 3 aromatic rings. The lowest BCUT2D eigenvalue weighted by Crippen LogP contribution is -2.54. The lowest BCUT2D eigenvalue weighted by molar-refractivity contribution is -0.120. The Labute approximate surface area is 232 Å². The Balaban J connectivity index is 1.28. The summed E-state index contributed by atoms with van der Waals surface area (Å²) >= 11 is 12.6. The Morgan fingerprint density at radius 1 is 1.26 bits per heavy atom. The number of fused-ring (bicyclic) bond motifs is 1. The third-order valence-corrected chi connectivity index (χ3v) is 8.44. The maximum absolute atomic E-state index is 11.5. The smallest absolute Gasteiger partial charge is 0.219 e. The van der Waals surface area contributed by atoms with Crippen LogP contribution >= 0.6 is 23.2 Å². The molecule has 0 spiro atoms. The van der Waals surface area contributed by atoms with Crippen LogP contribution in [0.3, 0.4) is 0 Å². The number of likely N-dealkylation sites (tertiary alicyclic amines) is 1. The van der Waals surface area contributed by atoms with Crippen molar-refractivity contribution in [2.75, 3.05) is 44.7 Å². The summed E-state index contributed by atoms with van der Waals surface area (Å²) in [6, 6.07) is 7.26. The SMILES string of the molecule is CNC(=O)CCCN1CCC[C@@H](C2CN(c3cnc4c(C#N)nn(C(C)c5ccc(Cl)cc5Cl)c4n3)C2)C1. The van der Waals surface area contributed by atoms with Crippen molar-refractivity contribution in [3.8, 4) is 6.07 Å². The van der Waals surface area contributed by atoms with E-state index in [0.29, 0.717) is 39.5 Å². The minimum Gasteiger partial charge on any atom is -0.359 e. The Morgan fingerprint density at radius 2 is 2.08 bits per heavy atom. The van der Waals surface area contributed by atoms with Gasteiger partial charge in [-0.05, 0) is 68.8 Å². The summed E-state index contributed by atoms with van der Waals surface area (Å²) in [4.78, 5) is 25.8. The Morgan fingerprint density at radius 3 is 2.82 bits per heavy atom. The Kier molecular flexibility index (Phi) is 8.03. The van der Waals surface area contributed by atoms with Crippen LogP contribution in [-0.2, 0) is 4.79 Å². The fourth-order valence-corrected chi connectivity index (χ4v) is 6.20. The van der Waals surface area contributed by atoms with Crippen molar-refractivity contribution < 1.29 is 4.79 Å². The van der Waals surface area contributed by atoms with Crippen molar-refractivity contribution in [3.63, 3.8) is 0 Å². The number of hydrogen-bond donors (Lipinski definition) is 1. The molecule has 200 valence electrons. The molecular formula is C27H32Cl2N8O. The van der Waals surface area contributed by atoms with Crippen molar-refractivity contribution in [3.05, 3.63) is 45.7 Å². The van der Waals surface area contributed by atoms with E-state index in [-0.39, 0.29) is 17.6 Å². The third kappa shape index (κ3) is 5.44. The summed E-state index contributed by atoms with van der Waals surface area (Å²) in [5.41, 5.74) is 2.15. The van der Waals surface area contributed by atoms with E-state index in [1.165, 1.54) is 12.8 Å². The van der Waals surface area contributed by atoms with Gasteiger partial charge in [-0.25, -0.2) is 14.6 Å². The number of hydrogen-bond acceptors (Lipinski definition) is 7. The minimum atomic E-state index is -0.255. The lowest BCUT2D eigenvalue weighted by atomic mass is 9.80. The van der Waals surface area contributed by atoms with E-state index in [9.17, 15) is 10.1 Å². The molecule has 1 N–H and O–H groups in total. The van der Waals surface area contributed by atoms with Gasteiger partial charge in [0.25, 0.3) is 0 Å². The largest absolute Gasteiger partial charge is 0.359 e. The van der Waals surface area contributed by atoms with E-state index in [0.717, 1.165) is 50.5 Å². The normalized spacial score (nSPS) is 19.2. The molecule has 11 heteroatoms. The average Bonchev–Trinajstić information content (AvgIpc) is 3.26. The van der Waals surface area contributed by atoms with Crippen LogP contribution in [0, 0.1) is 23.2 Å². The monoisotopic (exact) mass is 554 g/mol. The molecule has 1 unspecified atom stereocenters. The predicted octanol–water partition coefficient (Wildman–Crippen LogP) is 4.29. The van der Waals surface area contributed by atoms with Gasteiger partial charge < -0.3 is 15.1 Å². The molecule has 9 nitrogen and oxygen atoms in total. The molecule has 0 radical (unpaired) electrons. The first kappa shape index (κ1) is 26.7. The van der Waals surface area contributed by atoms with Gasteiger partial charge in [-0.3, -0.25) is 4.79 Å². The molecule has 38 heavy (non-hydrogen) atoms. The number of aromatic nitrogens is 4. The summed E-state index contributed by atoms with van der Waals surface area (Å²) in [6.45, 7) is 7.03. The highest BCUT2D eigenvalue weighted by Crippen LogP contribution is 2.35. The molecule has 2 aliphatic rings. The summed E-state index contributed by atoms with van der Waals surface area (Å²) in [5.74, 6) is 2.17. The zero-order chi connectivity index (χ0) is 26.8. The summed E-state index contributed by atoms with van der Waals surface area (Å²) in [6.07, 6.45) is 5.68. The van der Waals surface area contributed by atoms with E-state index in [1.54, 1.807) is 30.1 Å². The summed E-state index contributed by atoms with van der Waals surface area (Å²) in [7, 11) is 1.69. The van der Waals surface area contributed by atoms with Crippen molar-refractivity contribution >= 4 is 46.1 Å². The van der Waals surface area contributed by atoms with Crippen molar-refractivity contribution in [2.45, 2.75) is 38.6 Å². The van der Waals surface area contributed by atoms with Crippen LogP contribution in [0.5, 0.6) is 0 Å². The highest BCUT2D eigenvalue weighted by atomic mass is 35.5. The number of carbonyl (C=O) groups is 1. The molecule has 2 saturated heterocycles. The van der Waals surface area contributed by atoms with Crippen molar-refractivity contribution in [2.24, 2.45) is 11.8 Å². The molecule has 1 amide bonds. The molecule has 5 rings (SSSR count). The maximum Gasteiger partial charge on any atom is 0.219 e. The van der Waals surface area contributed by atoms with Crippen LogP contribution < -0.4 is 10.2 Å². The highest BCUT2D eigenvalue weighted by Gasteiger charge is 2.36. The van der Waals surface area contributed by atoms with Crippen LogP contribution in [-0.4, -0.2) is 70.3 Å². The van der Waals surface area contributed by atoms with Gasteiger partial charge in [0, 0.05) is 43.1 Å². The summed E-state index contributed by atoms with van der Waals surface area (Å²) < 4.78 is 1.73. The van der Waals surface area contributed by atoms with E-state index in [1.807, 2.05) is 13.0 Å². The number of benzene rings is 1. The maximum atomic E-state index is 11.5. The zero-order valence-electron chi connectivity index (χ0n) is 21.7. The van der Waals surface area contributed by atoms with Gasteiger partial charge in [0.05, 0.1) is 12.2 Å². The van der Waals surface area contributed by atoms with E-state index < -0.39 is 0 Å². The number of amides is 1. The molecule has 2 atom stereocenters. The third-order valence-electron chi connectivity index (χ3n) is 7.88. The Hall–Kier alpha value is -2.93. The van der Waals surface area contributed by atoms with E-state index in [4.69, 9.17) is 28.2 Å². The second kappa shape index (κ2) is 11.4. The number of nitrogens with zero attached hydrogens (tertiary/aromatic N) is 7. The number of halogens is 2. The molecule has 2 fully saturated rings. The zero-order valence-corrected chi connectivity index (χ0v) is 23.2. The molecule has 4 heterocycles. The number of nitrogens with one attached hydrogen (secondary N) is 1. The first-order valence-electron chi connectivity index (χ1n) is 13.2. The standard InChI is InChI=1S/C27H32Cl2N8O/c1-17(21-8-7-20(28)11-22(21)29)37-27-26(23(12-30)34-37)32-13-24(33-27)36-15-19(16-36)18-5-3-9-35(14-18)10-4-6-25(38)31-2/h7-8,11,13,17-19H,3-6,9-10,14-16H2,1-2H3,(H,31,38)/t17?,18-/m1/s1. The Bertz CT molecular complexity index is 1360. The number of piperidine rings is 1. The first-order valence-corrected chi connectivity index (χ1v) is 13.9. The van der Waals surface area contributed by atoms with Crippen LogP contribution in [0.15, 0.2) is 24.4 Å². The molecule has 0 aliphatic carbocycles. The van der Waals surface area contributed by atoms with Crippen LogP contribution in [0.4, 0.5) is 5.82 Å². The van der Waals surface area contributed by atoms with Gasteiger partial charge >= 0.3 is 0 Å². The molecule has 2 aliphatic heterocycles. The fraction of sp³-hybridized carbons (Fsp3) is 0.519.